The highest BCUT2D eigenvalue weighted by Gasteiger charge is 2.22. The Kier molecular flexibility index (Phi) is 9.53. The Morgan fingerprint density at radius 1 is 0.242 bits per heavy atom. The fourth-order valence-corrected chi connectivity index (χ4v) is 9.50. The van der Waals surface area contributed by atoms with Crippen molar-refractivity contribution in [1.82, 2.24) is 15.0 Å². The molecule has 0 unspecified atom stereocenters. The van der Waals surface area contributed by atoms with Crippen LogP contribution in [0.5, 0.6) is 0 Å². The molecule has 11 aromatic carbocycles. The predicted octanol–water partition coefficient (Wildman–Crippen LogP) is 10.8. The van der Waals surface area contributed by atoms with Crippen molar-refractivity contribution in [2.45, 2.75) is 0 Å². The van der Waals surface area contributed by atoms with Crippen LogP contribution in [0, 0.1) is 0 Å². The maximum absolute atomic E-state index is 7.00. The van der Waals surface area contributed by atoms with Crippen LogP contribution in [-0.4, -0.2) is 46.3 Å². The van der Waals surface area contributed by atoms with Gasteiger partial charge in [0, 0.05) is 16.7 Å². The van der Waals surface area contributed by atoms with Crippen LogP contribution < -0.4 is 21.9 Å². The Balaban J connectivity index is 1.03. The maximum Gasteiger partial charge on any atom is 0.164 e. The summed E-state index contributed by atoms with van der Waals surface area (Å²) in [7, 11) is 27.2. The predicted molar refractivity (Wildman–Crippen MR) is 282 cm³/mol. The van der Waals surface area contributed by atoms with Crippen LogP contribution >= 0.6 is 0 Å². The summed E-state index contributed by atoms with van der Waals surface area (Å²) in [5, 5.41) is 11.4. The van der Waals surface area contributed by atoms with Crippen LogP contribution in [0.15, 0.2) is 200 Å². The first-order chi connectivity index (χ1) is 32.3. The Morgan fingerprint density at radius 3 is 1.45 bits per heavy atom. The van der Waals surface area contributed by atoms with Crippen LogP contribution in [0.2, 0.25) is 0 Å². The van der Waals surface area contributed by atoms with Crippen molar-refractivity contribution in [2.75, 3.05) is 0 Å². The maximum atomic E-state index is 7.00. The summed E-state index contributed by atoms with van der Waals surface area (Å²) < 4.78 is 0. The molecule has 7 heteroatoms. The fourth-order valence-electron chi connectivity index (χ4n) is 9.50. The Labute approximate surface area is 387 Å². The van der Waals surface area contributed by atoms with Crippen molar-refractivity contribution in [3.8, 4) is 67.5 Å². The summed E-state index contributed by atoms with van der Waals surface area (Å²) in [4.78, 5) is 15.7. The van der Waals surface area contributed by atoms with Crippen LogP contribution in [0.4, 0.5) is 0 Å². The Hall–Kier alpha value is -8.01. The highest BCUT2D eigenvalue weighted by molar-refractivity contribution is 6.65. The highest BCUT2D eigenvalue weighted by Crippen LogP contribution is 2.36. The van der Waals surface area contributed by atoms with Gasteiger partial charge in [-0.2, -0.15) is 0 Å². The first-order valence-corrected chi connectivity index (χ1v) is 21.9. The van der Waals surface area contributed by atoms with Crippen LogP contribution in [0.1, 0.15) is 0 Å². The minimum atomic E-state index is 0.176. The van der Waals surface area contributed by atoms with E-state index >= 15 is 0 Å². The van der Waals surface area contributed by atoms with Crippen LogP contribution in [-0.2, 0) is 0 Å². The van der Waals surface area contributed by atoms with Gasteiger partial charge in [-0.05, 0) is 118 Å². The molecule has 296 valence electrons. The van der Waals surface area contributed by atoms with E-state index in [0.29, 0.717) is 34.1 Å². The molecule has 66 heavy (non-hydrogen) atoms. The quantitative estimate of drug-likeness (QED) is 0.124. The smallest absolute Gasteiger partial charge is 0.164 e. The third-order valence-electron chi connectivity index (χ3n) is 13.0. The lowest BCUT2D eigenvalue weighted by atomic mass is 9.62. The van der Waals surface area contributed by atoms with E-state index in [1.807, 2.05) is 30.3 Å². The molecule has 0 aliphatic carbocycles. The zero-order valence-electron chi connectivity index (χ0n) is 35.7. The van der Waals surface area contributed by atoms with Gasteiger partial charge in [0.25, 0.3) is 0 Å². The average Bonchev–Trinajstić information content (AvgIpc) is 3.38. The zero-order chi connectivity index (χ0) is 44.5. The largest absolute Gasteiger partial charge is 0.208 e. The molecule has 0 saturated carbocycles. The van der Waals surface area contributed by atoms with Gasteiger partial charge in [-0.15, -0.1) is 10.9 Å². The van der Waals surface area contributed by atoms with Crippen molar-refractivity contribution >= 4 is 107 Å². The summed E-state index contributed by atoms with van der Waals surface area (Å²) in [5.74, 6) is 1.26. The molecule has 0 fully saturated rings. The number of nitrogens with zero attached hydrogens (tertiary/aromatic N) is 3. The number of hydrogen-bond donors (Lipinski definition) is 0. The molecule has 0 aliphatic heterocycles. The summed E-state index contributed by atoms with van der Waals surface area (Å²) in [6.07, 6.45) is 0. The first kappa shape index (κ1) is 39.6. The van der Waals surface area contributed by atoms with Gasteiger partial charge in [-0.1, -0.05) is 181 Å². The molecular formula is C59H33B4N3. The zero-order valence-corrected chi connectivity index (χ0v) is 35.7. The monoisotopic (exact) mass is 827 g/mol. The molecule has 12 rings (SSSR count). The molecule has 0 amide bonds. The molecule has 0 bridgehead atoms. The Morgan fingerprint density at radius 2 is 0.682 bits per heavy atom. The molecule has 3 nitrogen and oxygen atoms in total. The van der Waals surface area contributed by atoms with Crippen molar-refractivity contribution in [3.63, 3.8) is 0 Å². The summed E-state index contributed by atoms with van der Waals surface area (Å²) in [6, 6.07) is 69.9. The molecule has 0 saturated heterocycles. The molecular weight excluding hydrogens is 794 g/mol. The average molecular weight is 827 g/mol. The number of fused-ring (bicyclic) bond motifs is 6. The second-order valence-corrected chi connectivity index (χ2v) is 16.9. The number of benzene rings is 11. The van der Waals surface area contributed by atoms with Crippen molar-refractivity contribution < 1.29 is 0 Å². The van der Waals surface area contributed by atoms with Crippen LogP contribution in [0.25, 0.3) is 121 Å². The fraction of sp³-hybridized carbons (Fsp3) is 0. The third kappa shape index (κ3) is 6.78. The van der Waals surface area contributed by atoms with Crippen molar-refractivity contribution in [3.05, 3.63) is 200 Å². The molecule has 0 atom stereocenters. The highest BCUT2D eigenvalue weighted by atomic mass is 15.0. The first-order valence-electron chi connectivity index (χ1n) is 21.9. The second kappa shape index (κ2) is 15.9. The summed E-state index contributed by atoms with van der Waals surface area (Å²) >= 11 is 0. The second-order valence-electron chi connectivity index (χ2n) is 16.9. The third-order valence-corrected chi connectivity index (χ3v) is 13.0. The topological polar surface area (TPSA) is 38.7 Å². The summed E-state index contributed by atoms with van der Waals surface area (Å²) in [5.41, 5.74) is 8.94. The molecule has 12 aromatic rings. The van der Waals surface area contributed by atoms with Gasteiger partial charge in [-0.3, -0.25) is 0 Å². The number of rotatable bonds is 6. The molecule has 0 N–H and O–H groups in total. The lowest BCUT2D eigenvalue weighted by molar-refractivity contribution is 1.08. The number of aromatic nitrogens is 3. The minimum Gasteiger partial charge on any atom is -0.208 e. The SMILES string of the molecule is [B]c1c([B])c([B])c(-c2nc(-c3cccc(-c4ccc5cc(-c6cccc7ccccc67)ccc5c4)c3)nc(-c3ccc4ccc5ccccc5c4c3)n2)c(-c2ccc3ccccc3c2)c1[B]. The van der Waals surface area contributed by atoms with Gasteiger partial charge in [0.15, 0.2) is 17.5 Å². The lowest BCUT2D eigenvalue weighted by Crippen LogP contribution is -2.49. The van der Waals surface area contributed by atoms with Crippen molar-refractivity contribution in [1.29, 1.82) is 0 Å². The van der Waals surface area contributed by atoms with Crippen LogP contribution in [0.3, 0.4) is 0 Å². The van der Waals surface area contributed by atoms with Gasteiger partial charge in [0.1, 0.15) is 31.4 Å². The minimum absolute atomic E-state index is 0.176. The molecule has 1 aromatic heterocycles. The van der Waals surface area contributed by atoms with E-state index in [0.717, 1.165) is 70.9 Å². The normalized spacial score (nSPS) is 11.6. The lowest BCUT2D eigenvalue weighted by Gasteiger charge is -2.23. The van der Waals surface area contributed by atoms with Gasteiger partial charge >= 0.3 is 0 Å². The summed E-state index contributed by atoms with van der Waals surface area (Å²) in [6.45, 7) is 0. The number of hydrogen-bond acceptors (Lipinski definition) is 3. The van der Waals surface area contributed by atoms with Gasteiger partial charge in [0.2, 0.25) is 0 Å². The molecule has 8 radical (unpaired) electrons. The van der Waals surface area contributed by atoms with E-state index < -0.39 is 0 Å². The molecule has 0 aliphatic rings. The van der Waals surface area contributed by atoms with E-state index in [2.05, 4.69) is 170 Å². The standard InChI is InChI=1S/C59H33B4N3/c60-53-51(44-27-19-34-9-1-2-12-38(34)31-44)52(54(61)56(63)55(53)62)59-65-57(64-58(66-59)46-28-22-37-21-20-36-11-4-6-17-48(36)50(37)33-46)45-15-7-14-39(32-45)40-23-24-42-30-43(26-25-41(42)29-40)49-18-8-13-35-10-3-5-16-47(35)49/h1-33H. The van der Waals surface area contributed by atoms with Gasteiger partial charge in [0.05, 0.1) is 0 Å². The van der Waals surface area contributed by atoms with E-state index in [-0.39, 0.29) is 16.4 Å². The van der Waals surface area contributed by atoms with Crippen molar-refractivity contribution in [2.24, 2.45) is 0 Å². The van der Waals surface area contributed by atoms with Gasteiger partial charge < -0.3 is 0 Å². The Bertz CT molecular complexity index is 3950. The molecule has 0 spiro atoms. The van der Waals surface area contributed by atoms with E-state index in [4.69, 9.17) is 46.3 Å². The molecule has 1 heterocycles. The van der Waals surface area contributed by atoms with Gasteiger partial charge in [-0.25, -0.2) is 15.0 Å². The van der Waals surface area contributed by atoms with E-state index in [9.17, 15) is 0 Å². The van der Waals surface area contributed by atoms with E-state index in [1.165, 1.54) is 21.9 Å². The van der Waals surface area contributed by atoms with E-state index in [1.54, 1.807) is 0 Å².